The van der Waals surface area contributed by atoms with Gasteiger partial charge in [-0.3, -0.25) is 14.4 Å². The molecule has 0 aliphatic heterocycles. The van der Waals surface area contributed by atoms with Crippen LogP contribution < -0.4 is 10.6 Å². The van der Waals surface area contributed by atoms with Crippen molar-refractivity contribution in [3.8, 4) is 0 Å². The third-order valence-electron chi connectivity index (χ3n) is 3.63. The van der Waals surface area contributed by atoms with Crippen molar-refractivity contribution in [2.45, 2.75) is 26.2 Å². The number of esters is 1. The minimum atomic E-state index is -0.502. The van der Waals surface area contributed by atoms with Gasteiger partial charge in [-0.15, -0.1) is 0 Å². The van der Waals surface area contributed by atoms with E-state index in [1.54, 1.807) is 18.2 Å². The van der Waals surface area contributed by atoms with Gasteiger partial charge in [-0.25, -0.2) is 0 Å². The normalized spacial score (nSPS) is 10.0. The summed E-state index contributed by atoms with van der Waals surface area (Å²) in [5, 5.41) is 5.43. The van der Waals surface area contributed by atoms with Crippen molar-refractivity contribution in [3.63, 3.8) is 0 Å². The molecule has 0 unspecified atom stereocenters. The Hall–Kier alpha value is -3.15. The number of hydrogen-bond acceptors (Lipinski definition) is 4. The predicted molar refractivity (Wildman–Crippen MR) is 99.7 cm³/mol. The predicted octanol–water partition coefficient (Wildman–Crippen LogP) is 3.29. The zero-order valence-corrected chi connectivity index (χ0v) is 14.7. The average molecular weight is 354 g/mol. The molecule has 2 rings (SSSR count). The van der Waals surface area contributed by atoms with E-state index in [2.05, 4.69) is 10.6 Å². The summed E-state index contributed by atoms with van der Waals surface area (Å²) in [6, 6.07) is 16.4. The van der Waals surface area contributed by atoms with Crippen molar-refractivity contribution in [1.82, 2.24) is 0 Å². The molecular weight excluding hydrogens is 332 g/mol. The van der Waals surface area contributed by atoms with Crippen molar-refractivity contribution in [2.24, 2.45) is 0 Å². The summed E-state index contributed by atoms with van der Waals surface area (Å²) in [5.41, 5.74) is 2.33. The summed E-state index contributed by atoms with van der Waals surface area (Å²) >= 11 is 0. The van der Waals surface area contributed by atoms with E-state index in [1.165, 1.54) is 0 Å². The van der Waals surface area contributed by atoms with Crippen LogP contribution in [0.2, 0.25) is 0 Å². The Balaban J connectivity index is 1.62. The first-order valence-corrected chi connectivity index (χ1v) is 8.40. The Morgan fingerprint density at radius 1 is 0.846 bits per heavy atom. The van der Waals surface area contributed by atoms with Gasteiger partial charge in [-0.1, -0.05) is 36.4 Å². The number of hydrogen-bond donors (Lipinski definition) is 2. The van der Waals surface area contributed by atoms with Gasteiger partial charge in [-0.2, -0.15) is 0 Å². The molecule has 0 radical (unpaired) electrons. The number of aryl methyl sites for hydroxylation is 1. The molecule has 136 valence electrons. The second-order valence-electron chi connectivity index (χ2n) is 5.79. The molecule has 0 aliphatic rings. The zero-order valence-electron chi connectivity index (χ0n) is 14.7. The number of nitrogens with one attached hydrogen (secondary N) is 2. The molecule has 0 atom stereocenters. The lowest BCUT2D eigenvalue weighted by Crippen LogP contribution is -2.21. The van der Waals surface area contributed by atoms with Crippen LogP contribution in [0.3, 0.4) is 0 Å². The monoisotopic (exact) mass is 354 g/mol. The van der Waals surface area contributed by atoms with E-state index in [0.717, 1.165) is 5.56 Å². The molecule has 6 heteroatoms. The highest BCUT2D eigenvalue weighted by molar-refractivity contribution is 5.93. The van der Waals surface area contributed by atoms with Crippen molar-refractivity contribution in [3.05, 3.63) is 60.2 Å². The standard InChI is InChI=1S/C20H22N2O4/c1-15-8-5-6-11-17(15)22-19(24)14-26-20(25)13-7-12-18(23)21-16-9-3-2-4-10-16/h2-6,8-11H,7,12-14H2,1H3,(H,21,23)(H,22,24). The fraction of sp³-hybridized carbons (Fsp3) is 0.250. The fourth-order valence-electron chi connectivity index (χ4n) is 2.26. The Kier molecular flexibility index (Phi) is 7.36. The Bertz CT molecular complexity index is 759. The summed E-state index contributed by atoms with van der Waals surface area (Å²) in [7, 11) is 0. The Labute approximate surface area is 152 Å². The van der Waals surface area contributed by atoms with Gasteiger partial charge in [-0.05, 0) is 37.1 Å². The molecule has 2 amide bonds. The number of benzene rings is 2. The second kappa shape index (κ2) is 9.98. The summed E-state index contributed by atoms with van der Waals surface area (Å²) in [6.07, 6.45) is 0.649. The van der Waals surface area contributed by atoms with Crippen LogP contribution in [0.25, 0.3) is 0 Å². The largest absolute Gasteiger partial charge is 0.456 e. The van der Waals surface area contributed by atoms with Crippen LogP contribution in [0.4, 0.5) is 11.4 Å². The maximum absolute atomic E-state index is 11.8. The van der Waals surface area contributed by atoms with E-state index in [4.69, 9.17) is 4.74 Å². The van der Waals surface area contributed by atoms with E-state index in [9.17, 15) is 14.4 Å². The molecule has 0 saturated heterocycles. The van der Waals surface area contributed by atoms with Gasteiger partial charge >= 0.3 is 5.97 Å². The second-order valence-corrected chi connectivity index (χ2v) is 5.79. The third kappa shape index (κ3) is 6.76. The summed E-state index contributed by atoms with van der Waals surface area (Å²) in [6.45, 7) is 1.53. The topological polar surface area (TPSA) is 84.5 Å². The van der Waals surface area contributed by atoms with Crippen LogP contribution in [0.5, 0.6) is 0 Å². The maximum Gasteiger partial charge on any atom is 0.306 e. The Morgan fingerprint density at radius 2 is 1.54 bits per heavy atom. The minimum Gasteiger partial charge on any atom is -0.456 e. The number of amides is 2. The summed E-state index contributed by atoms with van der Waals surface area (Å²) in [5.74, 6) is -1.06. The lowest BCUT2D eigenvalue weighted by molar-refractivity contribution is -0.147. The number of anilines is 2. The molecule has 2 N–H and O–H groups in total. The quantitative estimate of drug-likeness (QED) is 0.713. The van der Waals surface area contributed by atoms with E-state index < -0.39 is 11.9 Å². The molecule has 0 fully saturated rings. The van der Waals surface area contributed by atoms with Gasteiger partial charge in [0.05, 0.1) is 0 Å². The lowest BCUT2D eigenvalue weighted by Gasteiger charge is -2.09. The van der Waals surface area contributed by atoms with Crippen molar-refractivity contribution >= 4 is 29.2 Å². The first-order valence-electron chi connectivity index (χ1n) is 8.40. The van der Waals surface area contributed by atoms with Crippen LogP contribution >= 0.6 is 0 Å². The molecular formula is C20H22N2O4. The minimum absolute atomic E-state index is 0.0832. The first kappa shape index (κ1) is 19.2. The molecule has 6 nitrogen and oxygen atoms in total. The van der Waals surface area contributed by atoms with Gasteiger partial charge in [0.25, 0.3) is 5.91 Å². The molecule has 2 aromatic rings. The van der Waals surface area contributed by atoms with Crippen molar-refractivity contribution < 1.29 is 19.1 Å². The van der Waals surface area contributed by atoms with E-state index in [0.29, 0.717) is 17.8 Å². The summed E-state index contributed by atoms with van der Waals surface area (Å²) in [4.78, 5) is 35.2. The van der Waals surface area contributed by atoms with Gasteiger partial charge < -0.3 is 15.4 Å². The first-order chi connectivity index (χ1) is 12.5. The smallest absolute Gasteiger partial charge is 0.306 e. The third-order valence-corrected chi connectivity index (χ3v) is 3.63. The molecule has 0 aliphatic carbocycles. The van der Waals surface area contributed by atoms with Crippen LogP contribution in [0.1, 0.15) is 24.8 Å². The maximum atomic E-state index is 11.8. The van der Waals surface area contributed by atoms with Gasteiger partial charge in [0.2, 0.25) is 5.91 Å². The van der Waals surface area contributed by atoms with Crippen molar-refractivity contribution in [2.75, 3.05) is 17.2 Å². The van der Waals surface area contributed by atoms with E-state index in [1.807, 2.05) is 43.3 Å². The van der Waals surface area contributed by atoms with E-state index in [-0.39, 0.29) is 25.4 Å². The van der Waals surface area contributed by atoms with Gasteiger partial charge in [0.15, 0.2) is 6.61 Å². The highest BCUT2D eigenvalue weighted by atomic mass is 16.5. The van der Waals surface area contributed by atoms with Gasteiger partial charge in [0, 0.05) is 24.2 Å². The lowest BCUT2D eigenvalue weighted by atomic mass is 10.2. The zero-order chi connectivity index (χ0) is 18.8. The van der Waals surface area contributed by atoms with E-state index >= 15 is 0 Å². The number of carbonyl (C=O) groups excluding carboxylic acids is 3. The fourth-order valence-corrected chi connectivity index (χ4v) is 2.26. The van der Waals surface area contributed by atoms with Crippen LogP contribution in [0, 0.1) is 6.92 Å². The molecule has 0 bridgehead atoms. The van der Waals surface area contributed by atoms with Crippen LogP contribution in [-0.4, -0.2) is 24.4 Å². The van der Waals surface area contributed by atoms with Crippen LogP contribution in [-0.2, 0) is 19.1 Å². The molecule has 0 spiro atoms. The highest BCUT2D eigenvalue weighted by Gasteiger charge is 2.10. The average Bonchev–Trinajstić information content (AvgIpc) is 2.63. The molecule has 2 aromatic carbocycles. The number of carbonyl (C=O) groups is 3. The molecule has 26 heavy (non-hydrogen) atoms. The summed E-state index contributed by atoms with van der Waals surface area (Å²) < 4.78 is 4.93. The number of rotatable bonds is 8. The molecule has 0 heterocycles. The SMILES string of the molecule is Cc1ccccc1NC(=O)COC(=O)CCCC(=O)Nc1ccccc1. The Morgan fingerprint density at radius 3 is 2.27 bits per heavy atom. The van der Waals surface area contributed by atoms with Gasteiger partial charge in [0.1, 0.15) is 0 Å². The number of para-hydroxylation sites is 2. The van der Waals surface area contributed by atoms with Crippen LogP contribution in [0.15, 0.2) is 54.6 Å². The van der Waals surface area contributed by atoms with Crippen molar-refractivity contribution in [1.29, 1.82) is 0 Å². The number of ether oxygens (including phenoxy) is 1. The molecule has 0 saturated carbocycles. The molecule has 0 aromatic heterocycles. The highest BCUT2D eigenvalue weighted by Crippen LogP contribution is 2.13.